The van der Waals surface area contributed by atoms with Crippen LogP contribution in [0.15, 0.2) is 58.2 Å². The van der Waals surface area contributed by atoms with Crippen LogP contribution in [0, 0.1) is 5.82 Å². The SMILES string of the molecule is CS(=O)(=O)Nc1ccc(-c2nnc(SCC(=O)Nc3ccc(F)cc3)o2)cc1. The van der Waals surface area contributed by atoms with Gasteiger partial charge in [-0.25, -0.2) is 12.8 Å². The molecule has 0 atom stereocenters. The maximum Gasteiger partial charge on any atom is 0.277 e. The summed E-state index contributed by atoms with van der Waals surface area (Å²) < 4.78 is 43.1. The molecule has 2 N–H and O–H groups in total. The fourth-order valence-corrected chi connectivity index (χ4v) is 3.26. The average molecular weight is 422 g/mol. The molecule has 28 heavy (non-hydrogen) atoms. The van der Waals surface area contributed by atoms with Gasteiger partial charge in [0.05, 0.1) is 12.0 Å². The Morgan fingerprint density at radius 1 is 1.07 bits per heavy atom. The van der Waals surface area contributed by atoms with Gasteiger partial charge in [-0.3, -0.25) is 9.52 Å². The zero-order valence-electron chi connectivity index (χ0n) is 14.5. The second-order valence-corrected chi connectivity index (χ2v) is 8.34. The molecule has 0 saturated carbocycles. The average Bonchev–Trinajstić information content (AvgIpc) is 3.10. The van der Waals surface area contributed by atoms with Crippen molar-refractivity contribution in [3.63, 3.8) is 0 Å². The number of thioether (sulfide) groups is 1. The van der Waals surface area contributed by atoms with Gasteiger partial charge in [-0.2, -0.15) is 0 Å². The van der Waals surface area contributed by atoms with Gasteiger partial charge in [-0.1, -0.05) is 11.8 Å². The fourth-order valence-electron chi connectivity index (χ4n) is 2.14. The Hall–Kier alpha value is -2.92. The Labute approximate surface area is 164 Å². The van der Waals surface area contributed by atoms with Gasteiger partial charge in [-0.15, -0.1) is 10.2 Å². The van der Waals surface area contributed by atoms with Gasteiger partial charge in [0.15, 0.2) is 0 Å². The molecule has 2 aromatic carbocycles. The number of amides is 1. The molecule has 146 valence electrons. The molecule has 0 aliphatic rings. The van der Waals surface area contributed by atoms with E-state index in [1.165, 1.54) is 24.3 Å². The van der Waals surface area contributed by atoms with Crippen LogP contribution in [0.4, 0.5) is 15.8 Å². The van der Waals surface area contributed by atoms with Crippen LogP contribution in [0.1, 0.15) is 0 Å². The van der Waals surface area contributed by atoms with Gasteiger partial charge in [-0.05, 0) is 48.5 Å². The third kappa shape index (κ3) is 5.79. The number of nitrogens with one attached hydrogen (secondary N) is 2. The van der Waals surface area contributed by atoms with Crippen LogP contribution in [0.3, 0.4) is 0 Å². The first kappa shape index (κ1) is 19.8. The lowest BCUT2D eigenvalue weighted by atomic mass is 10.2. The molecule has 0 aliphatic carbocycles. The van der Waals surface area contributed by atoms with E-state index < -0.39 is 10.0 Å². The van der Waals surface area contributed by atoms with Crippen molar-refractivity contribution in [3.8, 4) is 11.5 Å². The fraction of sp³-hybridized carbons (Fsp3) is 0.118. The van der Waals surface area contributed by atoms with E-state index in [9.17, 15) is 17.6 Å². The Morgan fingerprint density at radius 3 is 2.36 bits per heavy atom. The number of benzene rings is 2. The van der Waals surface area contributed by atoms with Crippen molar-refractivity contribution in [1.82, 2.24) is 10.2 Å². The van der Waals surface area contributed by atoms with Gasteiger partial charge >= 0.3 is 0 Å². The van der Waals surface area contributed by atoms with Crippen molar-refractivity contribution in [1.29, 1.82) is 0 Å². The Kier molecular flexibility index (Phi) is 5.95. The zero-order chi connectivity index (χ0) is 20.1. The predicted molar refractivity (Wildman–Crippen MR) is 104 cm³/mol. The van der Waals surface area contributed by atoms with E-state index >= 15 is 0 Å². The first-order chi connectivity index (χ1) is 13.3. The lowest BCUT2D eigenvalue weighted by molar-refractivity contribution is -0.113. The molecule has 0 fully saturated rings. The number of nitrogens with zero attached hydrogens (tertiary/aromatic N) is 2. The smallest absolute Gasteiger partial charge is 0.277 e. The molecule has 0 spiro atoms. The van der Waals surface area contributed by atoms with Gasteiger partial charge in [0.2, 0.25) is 21.8 Å². The van der Waals surface area contributed by atoms with E-state index in [2.05, 4.69) is 20.2 Å². The van der Waals surface area contributed by atoms with Crippen LogP contribution in [0.5, 0.6) is 0 Å². The number of rotatable bonds is 7. The van der Waals surface area contributed by atoms with E-state index in [0.717, 1.165) is 18.0 Å². The van der Waals surface area contributed by atoms with Crippen molar-refractivity contribution < 1.29 is 22.0 Å². The summed E-state index contributed by atoms with van der Waals surface area (Å²) in [6.45, 7) is 0. The molecule has 11 heteroatoms. The van der Waals surface area contributed by atoms with E-state index in [1.807, 2.05) is 0 Å². The lowest BCUT2D eigenvalue weighted by Crippen LogP contribution is -2.13. The summed E-state index contributed by atoms with van der Waals surface area (Å²) in [6, 6.07) is 11.9. The lowest BCUT2D eigenvalue weighted by Gasteiger charge is -2.04. The molecule has 0 unspecified atom stereocenters. The first-order valence-corrected chi connectivity index (χ1v) is 10.8. The highest BCUT2D eigenvalue weighted by Gasteiger charge is 2.12. The highest BCUT2D eigenvalue weighted by Crippen LogP contribution is 2.24. The molecule has 0 radical (unpaired) electrons. The number of hydrogen-bond donors (Lipinski definition) is 2. The van der Waals surface area contributed by atoms with Gasteiger partial charge in [0.25, 0.3) is 5.22 Å². The Bertz CT molecular complexity index is 1070. The second-order valence-electron chi connectivity index (χ2n) is 5.67. The van der Waals surface area contributed by atoms with Crippen LogP contribution in [0.25, 0.3) is 11.5 Å². The van der Waals surface area contributed by atoms with Gasteiger partial charge < -0.3 is 9.73 Å². The highest BCUT2D eigenvalue weighted by molar-refractivity contribution is 7.99. The van der Waals surface area contributed by atoms with Crippen LogP contribution in [-0.4, -0.2) is 36.5 Å². The molecular formula is C17H15FN4O4S2. The minimum Gasteiger partial charge on any atom is -0.411 e. The molecule has 3 rings (SSSR count). The molecule has 0 aliphatic heterocycles. The Morgan fingerprint density at radius 2 is 1.71 bits per heavy atom. The van der Waals surface area contributed by atoms with Crippen molar-refractivity contribution >= 4 is 39.1 Å². The summed E-state index contributed by atoms with van der Waals surface area (Å²) in [4.78, 5) is 11.9. The van der Waals surface area contributed by atoms with Crippen molar-refractivity contribution in [3.05, 3.63) is 54.3 Å². The Balaban J connectivity index is 1.56. The van der Waals surface area contributed by atoms with Crippen molar-refractivity contribution in [2.45, 2.75) is 5.22 Å². The molecule has 3 aromatic rings. The zero-order valence-corrected chi connectivity index (χ0v) is 16.2. The first-order valence-electron chi connectivity index (χ1n) is 7.88. The number of aromatic nitrogens is 2. The third-order valence-corrected chi connectivity index (χ3v) is 4.72. The number of anilines is 2. The molecule has 0 bridgehead atoms. The molecule has 0 saturated heterocycles. The monoisotopic (exact) mass is 422 g/mol. The predicted octanol–water partition coefficient (Wildman–Crippen LogP) is 2.98. The number of hydrogen-bond acceptors (Lipinski definition) is 7. The van der Waals surface area contributed by atoms with E-state index in [-0.39, 0.29) is 28.6 Å². The quantitative estimate of drug-likeness (QED) is 0.563. The van der Waals surface area contributed by atoms with E-state index in [4.69, 9.17) is 4.42 Å². The summed E-state index contributed by atoms with van der Waals surface area (Å²) in [5, 5.41) is 10.6. The number of carbonyl (C=O) groups excluding carboxylic acids is 1. The number of carbonyl (C=O) groups is 1. The summed E-state index contributed by atoms with van der Waals surface area (Å²) in [6.07, 6.45) is 1.06. The largest absolute Gasteiger partial charge is 0.411 e. The molecule has 8 nitrogen and oxygen atoms in total. The minimum absolute atomic E-state index is 0.0379. The van der Waals surface area contributed by atoms with Crippen molar-refractivity contribution in [2.24, 2.45) is 0 Å². The summed E-state index contributed by atoms with van der Waals surface area (Å²) in [7, 11) is -3.35. The third-order valence-electron chi connectivity index (χ3n) is 3.30. The van der Waals surface area contributed by atoms with Crippen LogP contribution >= 0.6 is 11.8 Å². The topological polar surface area (TPSA) is 114 Å². The van der Waals surface area contributed by atoms with E-state index in [1.54, 1.807) is 24.3 Å². The summed E-state index contributed by atoms with van der Waals surface area (Å²) in [5.41, 5.74) is 1.51. The molecule has 1 heterocycles. The van der Waals surface area contributed by atoms with Gasteiger partial charge in [0.1, 0.15) is 5.82 Å². The van der Waals surface area contributed by atoms with Crippen LogP contribution in [0.2, 0.25) is 0 Å². The van der Waals surface area contributed by atoms with Crippen LogP contribution in [-0.2, 0) is 14.8 Å². The van der Waals surface area contributed by atoms with Crippen molar-refractivity contribution in [2.75, 3.05) is 22.0 Å². The minimum atomic E-state index is -3.35. The van der Waals surface area contributed by atoms with Crippen LogP contribution < -0.4 is 10.0 Å². The number of halogens is 1. The summed E-state index contributed by atoms with van der Waals surface area (Å²) >= 11 is 1.06. The molecule has 1 aromatic heterocycles. The standard InChI is InChI=1S/C17H15FN4O4S2/c1-28(24,25)22-14-6-2-11(3-7-14)16-20-21-17(26-16)27-10-15(23)19-13-8-4-12(18)5-9-13/h2-9,22H,10H2,1H3,(H,19,23). The van der Waals surface area contributed by atoms with E-state index in [0.29, 0.717) is 16.9 Å². The number of sulfonamides is 1. The maximum absolute atomic E-state index is 12.9. The maximum atomic E-state index is 12.9. The molecular weight excluding hydrogens is 407 g/mol. The normalized spacial score (nSPS) is 11.2. The molecule has 1 amide bonds. The summed E-state index contributed by atoms with van der Waals surface area (Å²) in [5.74, 6) is -0.401. The van der Waals surface area contributed by atoms with Gasteiger partial charge in [0, 0.05) is 16.9 Å². The highest BCUT2D eigenvalue weighted by atomic mass is 32.2. The second kappa shape index (κ2) is 8.40.